The largest absolute Gasteiger partial charge is 0.299 e. The standard InChI is InChI=1S/C17H26O/c1-12-13-7-10-16(2)9-5-4-6-15(16)17(13,3)11-8-14(12)18/h6,12-13H,4-5,7-11H2,1-3H3/t12-,13-,16?,17-/m0/s1. The molecule has 0 aromatic rings. The van der Waals surface area contributed by atoms with Crippen molar-refractivity contribution in [3.63, 3.8) is 0 Å². The van der Waals surface area contributed by atoms with Gasteiger partial charge in [-0.15, -0.1) is 0 Å². The monoisotopic (exact) mass is 246 g/mol. The lowest BCUT2D eigenvalue weighted by molar-refractivity contribution is -0.131. The number of Topliss-reactive ketones (excluding diaryl/α,β-unsaturated/α-hetero) is 1. The summed E-state index contributed by atoms with van der Waals surface area (Å²) in [5, 5.41) is 0. The summed E-state index contributed by atoms with van der Waals surface area (Å²) in [5.41, 5.74) is 2.49. The number of carbonyl (C=O) groups is 1. The highest BCUT2D eigenvalue weighted by atomic mass is 16.1. The van der Waals surface area contributed by atoms with Gasteiger partial charge in [0.25, 0.3) is 0 Å². The third-order valence-electron chi connectivity index (χ3n) is 6.37. The smallest absolute Gasteiger partial charge is 0.136 e. The van der Waals surface area contributed by atoms with Crippen molar-refractivity contribution >= 4 is 5.78 Å². The third kappa shape index (κ3) is 1.55. The molecule has 0 aliphatic heterocycles. The zero-order valence-corrected chi connectivity index (χ0v) is 12.1. The van der Waals surface area contributed by atoms with Crippen molar-refractivity contribution in [3.8, 4) is 0 Å². The van der Waals surface area contributed by atoms with Crippen LogP contribution >= 0.6 is 0 Å². The number of fused-ring (bicyclic) bond motifs is 3. The second-order valence-electron chi connectivity index (χ2n) is 7.39. The first-order valence-corrected chi connectivity index (χ1v) is 7.71. The summed E-state index contributed by atoms with van der Waals surface area (Å²) >= 11 is 0. The third-order valence-corrected chi connectivity index (χ3v) is 6.37. The van der Waals surface area contributed by atoms with Gasteiger partial charge in [-0.2, -0.15) is 0 Å². The van der Waals surface area contributed by atoms with Gasteiger partial charge in [0.2, 0.25) is 0 Å². The Morgan fingerprint density at radius 3 is 2.78 bits per heavy atom. The van der Waals surface area contributed by atoms with E-state index in [-0.39, 0.29) is 5.92 Å². The van der Waals surface area contributed by atoms with Crippen LogP contribution in [0.3, 0.4) is 0 Å². The molecule has 0 aromatic carbocycles. The Hall–Kier alpha value is -0.590. The molecule has 2 fully saturated rings. The molecule has 0 heterocycles. The highest BCUT2D eigenvalue weighted by Gasteiger charge is 2.54. The van der Waals surface area contributed by atoms with Gasteiger partial charge in [0.1, 0.15) is 5.78 Å². The average molecular weight is 246 g/mol. The first kappa shape index (κ1) is 12.4. The highest BCUT2D eigenvalue weighted by molar-refractivity contribution is 5.82. The summed E-state index contributed by atoms with van der Waals surface area (Å²) in [7, 11) is 0. The van der Waals surface area contributed by atoms with Crippen molar-refractivity contribution in [2.45, 2.75) is 65.7 Å². The topological polar surface area (TPSA) is 17.1 Å². The van der Waals surface area contributed by atoms with Crippen molar-refractivity contribution in [1.29, 1.82) is 0 Å². The van der Waals surface area contributed by atoms with E-state index in [0.29, 0.717) is 22.5 Å². The molecule has 0 bridgehead atoms. The van der Waals surface area contributed by atoms with E-state index in [9.17, 15) is 4.79 Å². The maximum Gasteiger partial charge on any atom is 0.136 e. The van der Waals surface area contributed by atoms with Gasteiger partial charge in [-0.1, -0.05) is 32.4 Å². The van der Waals surface area contributed by atoms with Gasteiger partial charge < -0.3 is 0 Å². The summed E-state index contributed by atoms with van der Waals surface area (Å²) < 4.78 is 0. The molecule has 0 saturated heterocycles. The van der Waals surface area contributed by atoms with Crippen molar-refractivity contribution in [1.82, 2.24) is 0 Å². The molecule has 3 aliphatic carbocycles. The van der Waals surface area contributed by atoms with E-state index < -0.39 is 0 Å². The molecule has 0 N–H and O–H groups in total. The molecule has 3 rings (SSSR count). The minimum atomic E-state index is 0.288. The maximum atomic E-state index is 12.0. The molecule has 0 aromatic heterocycles. The Bertz CT molecular complexity index is 408. The van der Waals surface area contributed by atoms with Gasteiger partial charge in [0.15, 0.2) is 0 Å². The van der Waals surface area contributed by atoms with E-state index in [1.165, 1.54) is 32.1 Å². The predicted molar refractivity (Wildman–Crippen MR) is 74.3 cm³/mol. The fourth-order valence-corrected chi connectivity index (χ4v) is 5.25. The van der Waals surface area contributed by atoms with E-state index in [1.54, 1.807) is 5.57 Å². The molecule has 4 atom stereocenters. The van der Waals surface area contributed by atoms with Crippen molar-refractivity contribution in [3.05, 3.63) is 11.6 Å². The Labute approximate surface area is 111 Å². The van der Waals surface area contributed by atoms with Gasteiger partial charge in [-0.05, 0) is 55.3 Å². The number of hydrogen-bond acceptors (Lipinski definition) is 1. The number of allylic oxidation sites excluding steroid dienone is 2. The number of rotatable bonds is 0. The predicted octanol–water partition coefficient (Wildman–Crippen LogP) is 4.52. The molecule has 1 heteroatoms. The number of hydrogen-bond donors (Lipinski definition) is 0. The molecule has 18 heavy (non-hydrogen) atoms. The molecular weight excluding hydrogens is 220 g/mol. The van der Waals surface area contributed by atoms with E-state index in [1.807, 2.05) is 0 Å². The van der Waals surface area contributed by atoms with E-state index in [4.69, 9.17) is 0 Å². The summed E-state index contributed by atoms with van der Waals surface area (Å²) in [6.07, 6.45) is 11.0. The SMILES string of the molecule is C[C@@H]1C(=O)CC[C@]2(C)C3=CCCCC3(C)CC[C@@H]12. The van der Waals surface area contributed by atoms with E-state index in [2.05, 4.69) is 26.8 Å². The minimum absolute atomic E-state index is 0.288. The van der Waals surface area contributed by atoms with Crippen LogP contribution in [0.2, 0.25) is 0 Å². The summed E-state index contributed by atoms with van der Waals surface area (Å²) in [5.74, 6) is 1.41. The van der Waals surface area contributed by atoms with Crippen LogP contribution in [-0.4, -0.2) is 5.78 Å². The highest BCUT2D eigenvalue weighted by Crippen LogP contribution is 2.62. The second-order valence-corrected chi connectivity index (χ2v) is 7.39. The lowest BCUT2D eigenvalue weighted by Gasteiger charge is -2.57. The van der Waals surface area contributed by atoms with Crippen molar-refractivity contribution < 1.29 is 4.79 Å². The fourth-order valence-electron chi connectivity index (χ4n) is 5.25. The average Bonchev–Trinajstić information content (AvgIpc) is 2.34. The van der Waals surface area contributed by atoms with Crippen LogP contribution in [-0.2, 0) is 4.79 Å². The zero-order chi connectivity index (χ0) is 13.0. The summed E-state index contributed by atoms with van der Waals surface area (Å²) in [6, 6.07) is 0. The molecular formula is C17H26O. The van der Waals surface area contributed by atoms with Gasteiger partial charge in [-0.25, -0.2) is 0 Å². The lowest BCUT2D eigenvalue weighted by atomic mass is 9.47. The maximum absolute atomic E-state index is 12.0. The zero-order valence-electron chi connectivity index (χ0n) is 12.1. The van der Waals surface area contributed by atoms with Gasteiger partial charge in [0, 0.05) is 12.3 Å². The molecule has 1 nitrogen and oxygen atoms in total. The van der Waals surface area contributed by atoms with Gasteiger partial charge >= 0.3 is 0 Å². The normalized spacial score (nSPS) is 48.2. The number of ketones is 1. The Morgan fingerprint density at radius 2 is 2.00 bits per heavy atom. The molecule has 0 radical (unpaired) electrons. The van der Waals surface area contributed by atoms with Gasteiger partial charge in [-0.3, -0.25) is 4.79 Å². The Balaban J connectivity index is 2.02. The van der Waals surface area contributed by atoms with E-state index >= 15 is 0 Å². The molecule has 0 amide bonds. The fraction of sp³-hybridized carbons (Fsp3) is 0.824. The van der Waals surface area contributed by atoms with Crippen LogP contribution in [0.15, 0.2) is 11.6 Å². The van der Waals surface area contributed by atoms with Crippen LogP contribution < -0.4 is 0 Å². The molecule has 3 aliphatic rings. The summed E-state index contributed by atoms with van der Waals surface area (Å²) in [4.78, 5) is 12.0. The van der Waals surface area contributed by atoms with Gasteiger partial charge in [0.05, 0.1) is 0 Å². The molecule has 100 valence electrons. The first-order valence-electron chi connectivity index (χ1n) is 7.71. The van der Waals surface area contributed by atoms with Crippen LogP contribution in [0.1, 0.15) is 65.7 Å². The van der Waals surface area contributed by atoms with Crippen LogP contribution in [0.5, 0.6) is 0 Å². The van der Waals surface area contributed by atoms with Crippen LogP contribution in [0.25, 0.3) is 0 Å². The van der Waals surface area contributed by atoms with E-state index in [0.717, 1.165) is 12.8 Å². The minimum Gasteiger partial charge on any atom is -0.299 e. The number of carbonyl (C=O) groups excluding carboxylic acids is 1. The van der Waals surface area contributed by atoms with Crippen LogP contribution in [0.4, 0.5) is 0 Å². The first-order chi connectivity index (χ1) is 8.47. The second kappa shape index (κ2) is 3.95. The van der Waals surface area contributed by atoms with Crippen molar-refractivity contribution in [2.75, 3.05) is 0 Å². The summed E-state index contributed by atoms with van der Waals surface area (Å²) in [6.45, 7) is 7.10. The Kier molecular flexibility index (Phi) is 2.73. The van der Waals surface area contributed by atoms with Crippen LogP contribution in [0, 0.1) is 22.7 Å². The lowest BCUT2D eigenvalue weighted by Crippen LogP contribution is -2.49. The molecule has 1 unspecified atom stereocenters. The molecule has 2 saturated carbocycles. The molecule has 0 spiro atoms. The van der Waals surface area contributed by atoms with Crippen molar-refractivity contribution in [2.24, 2.45) is 22.7 Å². The quantitative estimate of drug-likeness (QED) is 0.574. The Morgan fingerprint density at radius 1 is 1.22 bits per heavy atom.